The van der Waals surface area contributed by atoms with Crippen LogP contribution in [0.4, 0.5) is 13.2 Å². The zero-order valence-electron chi connectivity index (χ0n) is 4.12. The predicted octanol–water partition coefficient (Wildman–Crippen LogP) is -0.431. The molecule has 0 atom stereocenters. The molecule has 0 bridgehead atoms. The van der Waals surface area contributed by atoms with Gasteiger partial charge in [0.1, 0.15) is 0 Å². The van der Waals surface area contributed by atoms with Gasteiger partial charge in [-0.1, -0.05) is 0 Å². The minimum absolute atomic E-state index is 0. The van der Waals surface area contributed by atoms with Crippen LogP contribution in [0, 0.1) is 38.2 Å². The van der Waals surface area contributed by atoms with Gasteiger partial charge in [-0.15, -0.1) is 0 Å². The van der Waals surface area contributed by atoms with E-state index < -0.39 is 15.6 Å². The molecule has 0 aromatic rings. The first-order valence-corrected chi connectivity index (χ1v) is 2.73. The van der Waals surface area contributed by atoms with Gasteiger partial charge in [-0.3, -0.25) is 4.55 Å². The van der Waals surface area contributed by atoms with Crippen LogP contribution in [0.15, 0.2) is 0 Å². The molecule has 0 aromatic heterocycles. The van der Waals surface area contributed by atoms with Crippen LogP contribution in [0.1, 0.15) is 0 Å². The summed E-state index contributed by atoms with van der Waals surface area (Å²) in [6.07, 6.45) is 0. The third kappa shape index (κ3) is 5.70. The number of rotatable bonds is 0. The molecule has 0 heterocycles. The Morgan fingerprint density at radius 2 is 1.30 bits per heavy atom. The Kier molecular flexibility index (Phi) is 8.12. The van der Waals surface area contributed by atoms with E-state index in [-0.39, 0.29) is 43.6 Å². The molecule has 68 valence electrons. The summed E-state index contributed by atoms with van der Waals surface area (Å²) in [7, 11) is -5.84. The van der Waals surface area contributed by atoms with E-state index in [1.165, 1.54) is 0 Å². The van der Waals surface area contributed by atoms with Crippen molar-refractivity contribution in [1.82, 2.24) is 0 Å². The van der Waals surface area contributed by atoms with Crippen molar-refractivity contribution in [2.75, 3.05) is 0 Å². The zero-order chi connectivity index (χ0) is 7.00. The van der Waals surface area contributed by atoms with Crippen molar-refractivity contribution in [2.45, 2.75) is 5.51 Å². The summed E-state index contributed by atoms with van der Waals surface area (Å²) in [6, 6.07) is 0. The molecule has 0 spiro atoms. The summed E-state index contributed by atoms with van der Waals surface area (Å²) in [5.74, 6) is 0. The zero-order valence-corrected chi connectivity index (χ0v) is 6.97. The van der Waals surface area contributed by atoms with E-state index in [2.05, 4.69) is 0 Å². The van der Waals surface area contributed by atoms with E-state index in [0.717, 1.165) is 0 Å². The molecule has 0 aromatic carbocycles. The molecule has 9 heteroatoms. The van der Waals surface area contributed by atoms with Crippen LogP contribution in [0.25, 0.3) is 0 Å². The quantitative estimate of drug-likeness (QED) is 0.483. The van der Waals surface area contributed by atoms with Crippen LogP contribution in [-0.2, 0) is 10.1 Å². The summed E-state index contributed by atoms with van der Waals surface area (Å²) < 4.78 is 57.5. The normalized spacial score (nSPS) is 11.2. The number of hydrogen-bond donors (Lipinski definition) is 1. The maximum atomic E-state index is 10.7. The molecule has 0 unspecified atom stereocenters. The van der Waals surface area contributed by atoms with Crippen LogP contribution in [0.5, 0.6) is 0 Å². The SMILES string of the molecule is O.O=S(=O)(O)C(F)(F)F.[Dy]. The average molecular weight is 331 g/mol. The van der Waals surface area contributed by atoms with Gasteiger partial charge in [0.15, 0.2) is 0 Å². The van der Waals surface area contributed by atoms with Crippen LogP contribution in [-0.4, -0.2) is 24.0 Å². The molecule has 0 rings (SSSR count). The number of halogens is 3. The Labute approximate surface area is 84.9 Å². The largest absolute Gasteiger partial charge is 0.522 e. The second-order valence-corrected chi connectivity index (χ2v) is 2.33. The van der Waals surface area contributed by atoms with Crippen LogP contribution < -0.4 is 0 Å². The van der Waals surface area contributed by atoms with Crippen molar-refractivity contribution < 1.29 is 69.8 Å². The van der Waals surface area contributed by atoms with Gasteiger partial charge in [0.05, 0.1) is 0 Å². The second-order valence-electron chi connectivity index (χ2n) is 0.921. The molecule has 0 fully saturated rings. The number of hydrogen-bond acceptors (Lipinski definition) is 2. The minimum atomic E-state index is -5.84. The van der Waals surface area contributed by atoms with E-state index in [1.54, 1.807) is 0 Å². The fraction of sp³-hybridized carbons (Fsp3) is 1.00. The van der Waals surface area contributed by atoms with Gasteiger partial charge in [-0.05, 0) is 0 Å². The summed E-state index contributed by atoms with van der Waals surface area (Å²) in [5, 5.41) is 0. The van der Waals surface area contributed by atoms with Crippen molar-refractivity contribution in [2.24, 2.45) is 0 Å². The topological polar surface area (TPSA) is 85.9 Å². The van der Waals surface area contributed by atoms with E-state index in [0.29, 0.717) is 0 Å². The molecule has 10 heavy (non-hydrogen) atoms. The van der Waals surface area contributed by atoms with E-state index >= 15 is 0 Å². The minimum Gasteiger partial charge on any atom is -0.412 e. The fourth-order valence-electron chi connectivity index (χ4n) is 0. The van der Waals surface area contributed by atoms with Crippen molar-refractivity contribution in [1.29, 1.82) is 0 Å². The molecule has 0 aliphatic heterocycles. The second kappa shape index (κ2) is 4.74. The summed E-state index contributed by atoms with van der Waals surface area (Å²) in [5.41, 5.74) is -5.53. The van der Waals surface area contributed by atoms with E-state index in [9.17, 15) is 13.2 Å². The molecular weight excluding hydrogens is 328 g/mol. The van der Waals surface area contributed by atoms with Crippen molar-refractivity contribution >= 4 is 10.1 Å². The van der Waals surface area contributed by atoms with Crippen LogP contribution in [0.3, 0.4) is 0 Å². The van der Waals surface area contributed by atoms with Gasteiger partial charge in [0.2, 0.25) is 0 Å². The third-order valence-corrected chi connectivity index (χ3v) is 0.877. The smallest absolute Gasteiger partial charge is 0.412 e. The van der Waals surface area contributed by atoms with Crippen molar-refractivity contribution in [3.8, 4) is 0 Å². The van der Waals surface area contributed by atoms with E-state index in [4.69, 9.17) is 13.0 Å². The number of alkyl halides is 3. The Morgan fingerprint density at radius 1 is 1.20 bits per heavy atom. The first-order chi connectivity index (χ1) is 3.25. The molecular formula is CH3DyF3O4S. The van der Waals surface area contributed by atoms with Gasteiger partial charge < -0.3 is 5.48 Å². The van der Waals surface area contributed by atoms with Crippen molar-refractivity contribution in [3.05, 3.63) is 0 Å². The standard InChI is InChI=1S/CHF3O3S.Dy.H2O/c2-1(3,4)8(5,6)7;;/h(H,5,6,7);;1H2. The molecule has 0 amide bonds. The summed E-state index contributed by atoms with van der Waals surface area (Å²) >= 11 is 0. The molecule has 4 nitrogen and oxygen atoms in total. The first-order valence-electron chi connectivity index (χ1n) is 1.29. The van der Waals surface area contributed by atoms with Crippen LogP contribution in [0.2, 0.25) is 0 Å². The molecule has 0 aliphatic rings. The van der Waals surface area contributed by atoms with Gasteiger partial charge in [0.25, 0.3) is 0 Å². The van der Waals surface area contributed by atoms with Gasteiger partial charge in [-0.25, -0.2) is 0 Å². The van der Waals surface area contributed by atoms with Gasteiger partial charge in [-0.2, -0.15) is 21.6 Å². The third-order valence-electron chi connectivity index (χ3n) is 0.292. The van der Waals surface area contributed by atoms with Crippen molar-refractivity contribution in [3.63, 3.8) is 0 Å². The van der Waals surface area contributed by atoms with Crippen LogP contribution >= 0.6 is 0 Å². The first kappa shape index (κ1) is 17.1. The predicted molar refractivity (Wildman–Crippen MR) is 21.2 cm³/mol. The Bertz CT molecular complexity index is 169. The molecule has 0 radical (unpaired) electrons. The molecule has 0 aliphatic carbocycles. The Hall–Kier alpha value is 0.933. The van der Waals surface area contributed by atoms with Gasteiger partial charge >= 0.3 is 15.6 Å². The van der Waals surface area contributed by atoms with Gasteiger partial charge in [0, 0.05) is 38.2 Å². The molecule has 0 saturated carbocycles. The average Bonchev–Trinajstić information content (AvgIpc) is 1.25. The molecule has 3 N–H and O–H groups in total. The Morgan fingerprint density at radius 3 is 1.30 bits per heavy atom. The summed E-state index contributed by atoms with van der Waals surface area (Å²) in [6.45, 7) is 0. The molecule has 0 saturated heterocycles. The Balaban J connectivity index is -0.000000245. The summed E-state index contributed by atoms with van der Waals surface area (Å²) in [4.78, 5) is 0. The maximum Gasteiger partial charge on any atom is 0.522 e. The monoisotopic (exact) mass is 332 g/mol. The van der Waals surface area contributed by atoms with E-state index in [1.807, 2.05) is 0 Å². The maximum absolute atomic E-state index is 10.7. The fourth-order valence-corrected chi connectivity index (χ4v) is 0.